The molecule has 0 atom stereocenters. The van der Waals surface area contributed by atoms with Crippen molar-refractivity contribution in [3.63, 3.8) is 0 Å². The number of nitrogens with zero attached hydrogens (tertiary/aromatic N) is 1. The van der Waals surface area contributed by atoms with E-state index in [4.69, 9.17) is 16.3 Å². The summed E-state index contributed by atoms with van der Waals surface area (Å²) < 4.78 is 5.85. The van der Waals surface area contributed by atoms with E-state index < -0.39 is 0 Å². The smallest absolute Gasteiger partial charge is 0.145 e. The van der Waals surface area contributed by atoms with Crippen molar-refractivity contribution >= 4 is 11.6 Å². The number of pyridine rings is 1. The number of benzene rings is 2. The number of ether oxygens (including phenoxy) is 1. The Labute approximate surface area is 147 Å². The molecule has 4 heteroatoms. The number of aromatic nitrogens is 1. The molecular formula is C20H19ClN2O. The van der Waals surface area contributed by atoms with Crippen LogP contribution in [0.15, 0.2) is 67.0 Å². The summed E-state index contributed by atoms with van der Waals surface area (Å²) in [4.78, 5) is 4.06. The first-order chi connectivity index (χ1) is 11.7. The summed E-state index contributed by atoms with van der Waals surface area (Å²) in [5, 5.41) is 4.22. The fourth-order valence-electron chi connectivity index (χ4n) is 2.39. The van der Waals surface area contributed by atoms with Gasteiger partial charge in [0.1, 0.15) is 11.5 Å². The first-order valence-electron chi connectivity index (χ1n) is 7.83. The minimum atomic E-state index is 0.737. The van der Waals surface area contributed by atoms with Gasteiger partial charge in [-0.25, -0.2) is 0 Å². The van der Waals surface area contributed by atoms with E-state index in [2.05, 4.69) is 29.4 Å². The first kappa shape index (κ1) is 16.5. The zero-order valence-electron chi connectivity index (χ0n) is 13.5. The lowest BCUT2D eigenvalue weighted by atomic mass is 10.1. The van der Waals surface area contributed by atoms with E-state index in [0.717, 1.165) is 29.6 Å². The third kappa shape index (κ3) is 4.57. The topological polar surface area (TPSA) is 34.1 Å². The highest BCUT2D eigenvalue weighted by molar-refractivity contribution is 6.30. The molecule has 0 unspecified atom stereocenters. The van der Waals surface area contributed by atoms with Gasteiger partial charge in [0.05, 0.1) is 6.20 Å². The van der Waals surface area contributed by atoms with Crippen molar-refractivity contribution in [2.75, 3.05) is 0 Å². The van der Waals surface area contributed by atoms with E-state index in [1.807, 2.05) is 42.5 Å². The van der Waals surface area contributed by atoms with Crippen LogP contribution < -0.4 is 10.1 Å². The molecule has 122 valence electrons. The van der Waals surface area contributed by atoms with Gasteiger partial charge >= 0.3 is 0 Å². The van der Waals surface area contributed by atoms with E-state index in [-0.39, 0.29) is 0 Å². The molecular weight excluding hydrogens is 320 g/mol. The summed E-state index contributed by atoms with van der Waals surface area (Å²) in [7, 11) is 0. The van der Waals surface area contributed by atoms with Crippen LogP contribution in [0.25, 0.3) is 0 Å². The van der Waals surface area contributed by atoms with E-state index >= 15 is 0 Å². The van der Waals surface area contributed by atoms with Gasteiger partial charge in [0.2, 0.25) is 0 Å². The molecule has 2 aromatic carbocycles. The lowest BCUT2D eigenvalue weighted by molar-refractivity contribution is 0.479. The Hall–Kier alpha value is -2.36. The van der Waals surface area contributed by atoms with Crippen molar-refractivity contribution in [2.45, 2.75) is 20.0 Å². The van der Waals surface area contributed by atoms with Crippen LogP contribution in [0.5, 0.6) is 11.5 Å². The van der Waals surface area contributed by atoms with Gasteiger partial charge in [-0.2, -0.15) is 0 Å². The van der Waals surface area contributed by atoms with Crippen LogP contribution in [0, 0.1) is 6.92 Å². The summed E-state index contributed by atoms with van der Waals surface area (Å²) in [5.41, 5.74) is 3.65. The van der Waals surface area contributed by atoms with E-state index in [0.29, 0.717) is 0 Å². The van der Waals surface area contributed by atoms with Gasteiger partial charge < -0.3 is 10.1 Å². The van der Waals surface area contributed by atoms with Gasteiger partial charge in [0, 0.05) is 24.3 Å². The Morgan fingerprint density at radius 1 is 1.00 bits per heavy atom. The molecule has 0 spiro atoms. The summed E-state index contributed by atoms with van der Waals surface area (Å²) in [5.74, 6) is 1.55. The maximum absolute atomic E-state index is 5.91. The SMILES string of the molecule is Cc1ccc(Oc2cccnc2)cc1CNCc1ccc(Cl)cc1. The second kappa shape index (κ2) is 7.95. The molecule has 0 fully saturated rings. The average molecular weight is 339 g/mol. The normalized spacial score (nSPS) is 10.6. The lowest BCUT2D eigenvalue weighted by Crippen LogP contribution is -2.13. The van der Waals surface area contributed by atoms with Crippen LogP contribution >= 0.6 is 11.6 Å². The summed E-state index contributed by atoms with van der Waals surface area (Å²) >= 11 is 5.91. The molecule has 0 aliphatic rings. The van der Waals surface area contributed by atoms with Crippen LogP contribution in [0.2, 0.25) is 5.02 Å². The van der Waals surface area contributed by atoms with Gasteiger partial charge in [-0.15, -0.1) is 0 Å². The lowest BCUT2D eigenvalue weighted by Gasteiger charge is -2.11. The highest BCUT2D eigenvalue weighted by atomic mass is 35.5. The number of halogens is 1. The highest BCUT2D eigenvalue weighted by Crippen LogP contribution is 2.23. The third-order valence-electron chi connectivity index (χ3n) is 3.75. The van der Waals surface area contributed by atoms with Crippen molar-refractivity contribution in [3.8, 4) is 11.5 Å². The average Bonchev–Trinajstić information content (AvgIpc) is 2.60. The molecule has 3 aromatic rings. The molecule has 0 amide bonds. The predicted octanol–water partition coefficient (Wildman–Crippen LogP) is 5.13. The van der Waals surface area contributed by atoms with E-state index in [1.165, 1.54) is 16.7 Å². The molecule has 1 heterocycles. The van der Waals surface area contributed by atoms with E-state index in [9.17, 15) is 0 Å². The van der Waals surface area contributed by atoms with Crippen molar-refractivity contribution in [3.05, 3.63) is 88.7 Å². The zero-order valence-corrected chi connectivity index (χ0v) is 14.3. The van der Waals surface area contributed by atoms with E-state index in [1.54, 1.807) is 12.4 Å². The van der Waals surface area contributed by atoms with Crippen LogP contribution in [0.3, 0.4) is 0 Å². The van der Waals surface area contributed by atoms with Crippen LogP contribution in [-0.2, 0) is 13.1 Å². The summed E-state index contributed by atoms with van der Waals surface area (Å²) in [6.07, 6.45) is 3.44. The quantitative estimate of drug-likeness (QED) is 0.677. The minimum absolute atomic E-state index is 0.737. The molecule has 3 nitrogen and oxygen atoms in total. The molecule has 0 radical (unpaired) electrons. The summed E-state index contributed by atoms with van der Waals surface area (Å²) in [6.45, 7) is 3.68. The number of aryl methyl sites for hydroxylation is 1. The van der Waals surface area contributed by atoms with Crippen LogP contribution in [-0.4, -0.2) is 4.98 Å². The Kier molecular flexibility index (Phi) is 5.47. The second-order valence-electron chi connectivity index (χ2n) is 5.61. The van der Waals surface area contributed by atoms with Crippen molar-refractivity contribution in [1.82, 2.24) is 10.3 Å². The van der Waals surface area contributed by atoms with Gasteiger partial charge in [-0.05, 0) is 60.0 Å². The largest absolute Gasteiger partial charge is 0.456 e. The third-order valence-corrected chi connectivity index (χ3v) is 4.00. The molecule has 0 saturated heterocycles. The zero-order chi connectivity index (χ0) is 16.8. The fourth-order valence-corrected chi connectivity index (χ4v) is 2.52. The summed E-state index contributed by atoms with van der Waals surface area (Å²) in [6, 6.07) is 17.8. The van der Waals surface area contributed by atoms with Crippen molar-refractivity contribution < 1.29 is 4.74 Å². The molecule has 1 aromatic heterocycles. The Morgan fingerprint density at radius 3 is 2.58 bits per heavy atom. The Balaban J connectivity index is 1.62. The Morgan fingerprint density at radius 2 is 1.83 bits per heavy atom. The van der Waals surface area contributed by atoms with Crippen molar-refractivity contribution in [1.29, 1.82) is 0 Å². The molecule has 3 rings (SSSR count). The molecule has 0 aliphatic heterocycles. The molecule has 1 N–H and O–H groups in total. The van der Waals surface area contributed by atoms with Gasteiger partial charge in [-0.3, -0.25) is 4.98 Å². The monoisotopic (exact) mass is 338 g/mol. The van der Waals surface area contributed by atoms with Crippen LogP contribution in [0.1, 0.15) is 16.7 Å². The van der Waals surface area contributed by atoms with Gasteiger partial charge in [0.15, 0.2) is 0 Å². The molecule has 0 saturated carbocycles. The maximum Gasteiger partial charge on any atom is 0.145 e. The second-order valence-corrected chi connectivity index (χ2v) is 6.05. The van der Waals surface area contributed by atoms with Gasteiger partial charge in [-0.1, -0.05) is 29.8 Å². The Bertz CT molecular complexity index is 788. The molecule has 24 heavy (non-hydrogen) atoms. The van der Waals surface area contributed by atoms with Gasteiger partial charge in [0.25, 0.3) is 0 Å². The number of rotatable bonds is 6. The minimum Gasteiger partial charge on any atom is -0.456 e. The van der Waals surface area contributed by atoms with Crippen LogP contribution in [0.4, 0.5) is 0 Å². The number of hydrogen-bond acceptors (Lipinski definition) is 3. The maximum atomic E-state index is 5.91. The first-order valence-corrected chi connectivity index (χ1v) is 8.21. The van der Waals surface area contributed by atoms with Crippen molar-refractivity contribution in [2.24, 2.45) is 0 Å². The fraction of sp³-hybridized carbons (Fsp3) is 0.150. The molecule has 0 bridgehead atoms. The highest BCUT2D eigenvalue weighted by Gasteiger charge is 2.03. The molecule has 0 aliphatic carbocycles. The standard InChI is InChI=1S/C20H19ClN2O/c1-15-4-9-19(24-20-3-2-10-22-14-20)11-17(15)13-23-12-16-5-7-18(21)8-6-16/h2-11,14,23H,12-13H2,1H3. The predicted molar refractivity (Wildman–Crippen MR) is 97.5 cm³/mol. The number of nitrogens with one attached hydrogen (secondary N) is 1. The number of hydrogen-bond donors (Lipinski definition) is 1.